The summed E-state index contributed by atoms with van der Waals surface area (Å²) in [5.41, 5.74) is 2.24. The quantitative estimate of drug-likeness (QED) is 0.576. The molecule has 1 aliphatic rings. The van der Waals surface area contributed by atoms with Crippen molar-refractivity contribution >= 4 is 46.3 Å². The van der Waals surface area contributed by atoms with Crippen molar-refractivity contribution in [1.82, 2.24) is 19.8 Å². The summed E-state index contributed by atoms with van der Waals surface area (Å²) < 4.78 is 2.39. The molecule has 2 aromatic heterocycles. The summed E-state index contributed by atoms with van der Waals surface area (Å²) in [7, 11) is 0. The number of piperazine rings is 1. The number of hydrogen-bond acceptors (Lipinski definition) is 5. The molecule has 3 heterocycles. The highest BCUT2D eigenvalue weighted by molar-refractivity contribution is 7.18. The van der Waals surface area contributed by atoms with Gasteiger partial charge in [-0.1, -0.05) is 11.6 Å². The Hall–Kier alpha value is -3.17. The van der Waals surface area contributed by atoms with Gasteiger partial charge in [0.05, 0.1) is 27.8 Å². The van der Waals surface area contributed by atoms with Crippen molar-refractivity contribution in [2.24, 2.45) is 0 Å². The smallest absolute Gasteiger partial charge is 0.316 e. The first-order chi connectivity index (χ1) is 15.0. The summed E-state index contributed by atoms with van der Waals surface area (Å²) in [5.74, 6) is -1.17. The molecule has 1 aromatic carbocycles. The summed E-state index contributed by atoms with van der Waals surface area (Å²) in [4.78, 5) is 44.5. The number of benzene rings is 1. The lowest BCUT2D eigenvalue weighted by Gasteiger charge is -2.33. The van der Waals surface area contributed by atoms with Crippen LogP contribution in [0.25, 0.3) is 5.69 Å². The molecular weight excluding hydrogens is 438 g/mol. The Bertz CT molecular complexity index is 1120. The highest BCUT2D eigenvalue weighted by Gasteiger charge is 2.32. The molecule has 1 fully saturated rings. The normalized spacial score (nSPS) is 14.3. The van der Waals surface area contributed by atoms with Gasteiger partial charge < -0.3 is 19.7 Å². The molecule has 3 aromatic rings. The van der Waals surface area contributed by atoms with Crippen LogP contribution in [-0.2, 0) is 16.1 Å². The predicted molar refractivity (Wildman–Crippen MR) is 119 cm³/mol. The molecule has 0 atom stereocenters. The highest BCUT2D eigenvalue weighted by Crippen LogP contribution is 2.22. The molecule has 0 saturated carbocycles. The average Bonchev–Trinajstić information content (AvgIpc) is 3.43. The Morgan fingerprint density at radius 2 is 1.84 bits per heavy atom. The van der Waals surface area contributed by atoms with Crippen molar-refractivity contribution in [2.75, 3.05) is 24.5 Å². The number of hydrogen-bond donors (Lipinski definition) is 1. The summed E-state index contributed by atoms with van der Waals surface area (Å²) in [6.45, 7) is 3.68. The van der Waals surface area contributed by atoms with Crippen LogP contribution >= 0.6 is 22.9 Å². The third-order valence-corrected chi connectivity index (χ3v) is 6.24. The minimum Gasteiger partial charge on any atom is -0.346 e. The van der Waals surface area contributed by atoms with E-state index in [0.717, 1.165) is 5.69 Å². The fourth-order valence-electron chi connectivity index (χ4n) is 3.32. The first kappa shape index (κ1) is 21.1. The molecule has 0 aliphatic carbocycles. The maximum atomic E-state index is 12.4. The van der Waals surface area contributed by atoms with Gasteiger partial charge >= 0.3 is 11.8 Å². The minimum atomic E-state index is -0.506. The Labute approximate surface area is 188 Å². The van der Waals surface area contributed by atoms with E-state index in [-0.39, 0.29) is 12.5 Å². The number of amides is 3. The second-order valence-corrected chi connectivity index (χ2v) is 8.63. The lowest BCUT2D eigenvalue weighted by molar-refractivity contribution is -0.146. The minimum absolute atomic E-state index is 0.196. The Balaban J connectivity index is 1.40. The lowest BCUT2D eigenvalue weighted by Crippen LogP contribution is -2.54. The largest absolute Gasteiger partial charge is 0.346 e. The molecule has 0 bridgehead atoms. The van der Waals surface area contributed by atoms with E-state index in [1.54, 1.807) is 23.4 Å². The van der Waals surface area contributed by atoms with Gasteiger partial charge in [0.15, 0.2) is 0 Å². The van der Waals surface area contributed by atoms with Gasteiger partial charge in [0.25, 0.3) is 5.91 Å². The molecule has 4 rings (SSSR count). The van der Waals surface area contributed by atoms with Gasteiger partial charge in [-0.3, -0.25) is 14.4 Å². The van der Waals surface area contributed by atoms with Crippen molar-refractivity contribution in [1.29, 1.82) is 0 Å². The zero-order chi connectivity index (χ0) is 22.0. The van der Waals surface area contributed by atoms with Gasteiger partial charge in [0, 0.05) is 37.2 Å². The number of carbonyl (C=O) groups is 3. The molecule has 8 nitrogen and oxygen atoms in total. The number of aromatic nitrogens is 2. The van der Waals surface area contributed by atoms with Crippen LogP contribution in [0.3, 0.4) is 0 Å². The molecular formula is C21H20ClN5O3S. The third-order valence-electron chi connectivity index (χ3n) is 5.01. The summed E-state index contributed by atoms with van der Waals surface area (Å²) >= 11 is 7.09. The average molecular weight is 458 g/mol. The first-order valence-electron chi connectivity index (χ1n) is 9.74. The van der Waals surface area contributed by atoms with Gasteiger partial charge in [-0.15, -0.1) is 11.3 Å². The predicted octanol–water partition coefficient (Wildman–Crippen LogP) is 2.71. The van der Waals surface area contributed by atoms with Crippen LogP contribution < -0.4 is 10.2 Å². The fourth-order valence-corrected chi connectivity index (χ4v) is 4.28. The van der Waals surface area contributed by atoms with Crippen molar-refractivity contribution in [3.63, 3.8) is 0 Å². The number of carbonyl (C=O) groups excluding carboxylic acids is 3. The Morgan fingerprint density at radius 3 is 2.52 bits per heavy atom. The second kappa shape index (κ2) is 8.91. The topological polar surface area (TPSA) is 87.5 Å². The van der Waals surface area contributed by atoms with Crippen molar-refractivity contribution in [3.8, 4) is 5.69 Å². The first-order valence-corrected chi connectivity index (χ1v) is 10.9. The van der Waals surface area contributed by atoms with E-state index in [4.69, 9.17) is 11.6 Å². The van der Waals surface area contributed by atoms with Crippen LogP contribution in [0.1, 0.15) is 22.3 Å². The number of thiophene rings is 1. The van der Waals surface area contributed by atoms with Crippen LogP contribution in [0.5, 0.6) is 0 Å². The van der Waals surface area contributed by atoms with E-state index in [2.05, 4.69) is 10.3 Å². The Kier molecular flexibility index (Phi) is 6.06. The number of likely N-dealkylation sites (N-methyl/N-ethyl adjacent to an activating group) is 1. The molecule has 1 N–H and O–H groups in total. The zero-order valence-electron chi connectivity index (χ0n) is 16.7. The van der Waals surface area contributed by atoms with Crippen LogP contribution in [0.2, 0.25) is 4.34 Å². The standard InChI is InChI=1S/C21H20ClN5O3S/c1-2-25-9-10-27(21(30)20(25)29)16-5-3-15(4-6-16)26-12-14(24-13-26)11-23-19(28)17-7-8-18(22)31-17/h3-8,12-13H,2,9-11H2,1H3,(H,23,28). The third kappa shape index (κ3) is 4.47. The number of anilines is 1. The van der Waals surface area contributed by atoms with Gasteiger partial charge in [-0.05, 0) is 43.3 Å². The summed E-state index contributed by atoms with van der Waals surface area (Å²) in [5, 5.41) is 2.82. The van der Waals surface area contributed by atoms with Gasteiger partial charge in [0.2, 0.25) is 0 Å². The van der Waals surface area contributed by atoms with Crippen LogP contribution in [0.15, 0.2) is 48.9 Å². The van der Waals surface area contributed by atoms with Gasteiger partial charge in [-0.25, -0.2) is 4.98 Å². The number of imidazole rings is 1. The fraction of sp³-hybridized carbons (Fsp3) is 0.238. The van der Waals surface area contributed by atoms with E-state index in [9.17, 15) is 14.4 Å². The molecule has 3 amide bonds. The number of halogens is 1. The SMILES string of the molecule is CCN1CCN(c2ccc(-n3cnc(CNC(=O)c4ccc(Cl)s4)c3)cc2)C(=O)C1=O. The molecule has 0 unspecified atom stereocenters. The van der Waals surface area contributed by atoms with Crippen molar-refractivity contribution in [2.45, 2.75) is 13.5 Å². The highest BCUT2D eigenvalue weighted by atomic mass is 35.5. The molecule has 1 saturated heterocycles. The summed E-state index contributed by atoms with van der Waals surface area (Å²) in [6, 6.07) is 10.7. The Morgan fingerprint density at radius 1 is 1.10 bits per heavy atom. The molecule has 0 spiro atoms. The molecule has 10 heteroatoms. The second-order valence-electron chi connectivity index (χ2n) is 6.92. The molecule has 31 heavy (non-hydrogen) atoms. The molecule has 0 radical (unpaired) electrons. The molecule has 160 valence electrons. The molecule has 1 aliphatic heterocycles. The number of nitrogens with zero attached hydrogens (tertiary/aromatic N) is 4. The van der Waals surface area contributed by atoms with Crippen LogP contribution in [0, 0.1) is 0 Å². The maximum absolute atomic E-state index is 12.4. The van der Waals surface area contributed by atoms with Crippen molar-refractivity contribution < 1.29 is 14.4 Å². The van der Waals surface area contributed by atoms with E-state index in [1.807, 2.05) is 42.0 Å². The lowest BCUT2D eigenvalue weighted by atomic mass is 10.2. The van der Waals surface area contributed by atoms with Crippen LogP contribution in [-0.4, -0.2) is 51.8 Å². The number of rotatable bonds is 6. The van der Waals surface area contributed by atoms with Gasteiger partial charge in [-0.2, -0.15) is 0 Å². The van der Waals surface area contributed by atoms with E-state index < -0.39 is 11.8 Å². The zero-order valence-corrected chi connectivity index (χ0v) is 18.3. The number of nitrogens with one attached hydrogen (secondary N) is 1. The van der Waals surface area contributed by atoms with Crippen molar-refractivity contribution in [3.05, 3.63) is 63.8 Å². The van der Waals surface area contributed by atoms with Gasteiger partial charge in [0.1, 0.15) is 0 Å². The summed E-state index contributed by atoms with van der Waals surface area (Å²) in [6.07, 6.45) is 3.48. The van der Waals surface area contributed by atoms with Crippen LogP contribution in [0.4, 0.5) is 5.69 Å². The van der Waals surface area contributed by atoms with E-state index >= 15 is 0 Å². The van der Waals surface area contributed by atoms with E-state index in [0.29, 0.717) is 40.2 Å². The monoisotopic (exact) mass is 457 g/mol. The van der Waals surface area contributed by atoms with E-state index in [1.165, 1.54) is 16.2 Å². The maximum Gasteiger partial charge on any atom is 0.316 e.